The molecule has 0 amide bonds. The fraction of sp³-hybridized carbons (Fsp3) is 0.556. The minimum absolute atomic E-state index is 0.328. The molecule has 0 bridgehead atoms. The van der Waals surface area contributed by atoms with Gasteiger partial charge in [0.25, 0.3) is 0 Å². The number of aryl methyl sites for hydroxylation is 1. The Morgan fingerprint density at radius 3 is 2.50 bits per heavy atom. The van der Waals surface area contributed by atoms with Crippen LogP contribution >= 0.6 is 7.82 Å². The smallest absolute Gasteiger partial charge is 0.469 e. The minimum atomic E-state index is -4.61. The first-order valence-electron chi connectivity index (χ1n) is 8.71. The monoisotopic (exact) mass is 387 g/mol. The molecular formula is C18H30NO6P. The number of nitrogens with two attached hydrogens (primary N) is 1. The number of phosphoric ester groups is 1. The number of phosphoric acid groups is 1. The van der Waals surface area contributed by atoms with E-state index in [9.17, 15) is 9.67 Å². The van der Waals surface area contributed by atoms with Gasteiger partial charge in [-0.15, -0.1) is 0 Å². The molecular weight excluding hydrogens is 357 g/mol. The van der Waals surface area contributed by atoms with Gasteiger partial charge in [0.1, 0.15) is 5.75 Å². The van der Waals surface area contributed by atoms with Crippen molar-refractivity contribution in [3.8, 4) is 5.75 Å². The Labute approximate surface area is 155 Å². The van der Waals surface area contributed by atoms with Crippen LogP contribution in [0.4, 0.5) is 0 Å². The fourth-order valence-corrected chi connectivity index (χ4v) is 2.70. The average Bonchev–Trinajstić information content (AvgIpc) is 2.61. The summed E-state index contributed by atoms with van der Waals surface area (Å²) >= 11 is 0. The van der Waals surface area contributed by atoms with E-state index < -0.39 is 26.6 Å². The normalized spacial score (nSPS) is 14.5. The van der Waals surface area contributed by atoms with E-state index in [4.69, 9.17) is 20.3 Å². The van der Waals surface area contributed by atoms with Crippen molar-refractivity contribution in [3.05, 3.63) is 42.0 Å². The lowest BCUT2D eigenvalue weighted by molar-refractivity contribution is 0.102. The number of aliphatic hydroxyl groups excluding tert-OH is 1. The summed E-state index contributed by atoms with van der Waals surface area (Å²) in [6.07, 6.45) is 8.22. The highest BCUT2D eigenvalue weighted by Gasteiger charge is 2.28. The lowest BCUT2D eigenvalue weighted by atomic mass is 9.94. The van der Waals surface area contributed by atoms with Gasteiger partial charge in [-0.1, -0.05) is 24.3 Å². The first-order chi connectivity index (χ1) is 12.3. The van der Waals surface area contributed by atoms with Crippen LogP contribution in [0.2, 0.25) is 0 Å². The second kappa shape index (κ2) is 11.5. The maximum Gasteiger partial charge on any atom is 0.469 e. The molecule has 1 aromatic carbocycles. The Balaban J connectivity index is 2.39. The van der Waals surface area contributed by atoms with Crippen molar-refractivity contribution in [2.75, 3.05) is 19.8 Å². The molecule has 26 heavy (non-hydrogen) atoms. The fourth-order valence-electron chi connectivity index (χ4n) is 2.28. The number of hydrogen-bond acceptors (Lipinski definition) is 5. The molecule has 8 heteroatoms. The second-order valence-electron chi connectivity index (χ2n) is 6.34. The molecule has 5 N–H and O–H groups in total. The zero-order chi connectivity index (χ0) is 19.5. The van der Waals surface area contributed by atoms with Crippen LogP contribution in [-0.4, -0.2) is 40.3 Å². The molecule has 0 aliphatic carbocycles. The molecule has 0 aliphatic heterocycles. The highest BCUT2D eigenvalue weighted by atomic mass is 31.2. The molecule has 1 atom stereocenters. The zero-order valence-corrected chi connectivity index (χ0v) is 16.1. The molecule has 0 heterocycles. The maximum absolute atomic E-state index is 10.8. The van der Waals surface area contributed by atoms with Gasteiger partial charge >= 0.3 is 7.82 Å². The molecule has 0 aromatic heterocycles. The van der Waals surface area contributed by atoms with Crippen LogP contribution in [0.15, 0.2) is 36.4 Å². The topological polar surface area (TPSA) is 122 Å². The third kappa shape index (κ3) is 10.1. The van der Waals surface area contributed by atoms with Crippen LogP contribution in [0.3, 0.4) is 0 Å². The number of ether oxygens (including phenoxy) is 1. The summed E-state index contributed by atoms with van der Waals surface area (Å²) < 4.78 is 20.9. The predicted molar refractivity (Wildman–Crippen MR) is 101 cm³/mol. The van der Waals surface area contributed by atoms with E-state index in [0.717, 1.165) is 30.6 Å². The molecule has 148 valence electrons. The number of allylic oxidation sites excluding steroid dienone is 2. The SMILES string of the molecule is CC=CCCCCOc1ccc(CCC(N)(CO)COP(=O)(O)O)cc1. The molecule has 1 aromatic rings. The van der Waals surface area contributed by atoms with E-state index in [1.807, 2.05) is 37.3 Å². The first-order valence-corrected chi connectivity index (χ1v) is 10.2. The highest BCUT2D eigenvalue weighted by molar-refractivity contribution is 7.46. The average molecular weight is 387 g/mol. The van der Waals surface area contributed by atoms with Crippen molar-refractivity contribution in [1.82, 2.24) is 0 Å². The quantitative estimate of drug-likeness (QED) is 0.233. The standard InChI is InChI=1S/C18H30NO6P/c1-2-3-4-5-6-13-24-17-9-7-16(8-10-17)11-12-18(19,14-20)15-25-26(21,22)23/h2-3,7-10,20H,4-6,11-15,19H2,1H3,(H2,21,22,23). The van der Waals surface area contributed by atoms with Gasteiger partial charge in [0.15, 0.2) is 0 Å². The summed E-state index contributed by atoms with van der Waals surface area (Å²) in [5.74, 6) is 0.797. The van der Waals surface area contributed by atoms with Crippen LogP contribution in [0.5, 0.6) is 5.75 Å². The van der Waals surface area contributed by atoms with Crippen LogP contribution < -0.4 is 10.5 Å². The van der Waals surface area contributed by atoms with E-state index >= 15 is 0 Å². The predicted octanol–water partition coefficient (Wildman–Crippen LogP) is 2.54. The Kier molecular flexibility index (Phi) is 10.1. The van der Waals surface area contributed by atoms with Crippen LogP contribution in [0.1, 0.15) is 38.2 Å². The van der Waals surface area contributed by atoms with Gasteiger partial charge in [-0.05, 0) is 56.7 Å². The molecule has 1 rings (SSSR count). The molecule has 0 radical (unpaired) electrons. The molecule has 0 saturated heterocycles. The third-order valence-electron chi connectivity index (χ3n) is 3.94. The van der Waals surface area contributed by atoms with E-state index in [2.05, 4.69) is 10.6 Å². The third-order valence-corrected chi connectivity index (χ3v) is 4.41. The summed E-state index contributed by atoms with van der Waals surface area (Å²) in [4.78, 5) is 17.5. The van der Waals surface area contributed by atoms with E-state index in [0.29, 0.717) is 19.4 Å². The van der Waals surface area contributed by atoms with Gasteiger partial charge in [-0.3, -0.25) is 4.52 Å². The molecule has 1 unspecified atom stereocenters. The lowest BCUT2D eigenvalue weighted by Crippen LogP contribution is -2.48. The summed E-state index contributed by atoms with van der Waals surface area (Å²) in [7, 11) is -4.61. The second-order valence-corrected chi connectivity index (χ2v) is 7.58. The Morgan fingerprint density at radius 2 is 1.92 bits per heavy atom. The number of aliphatic hydroxyl groups is 1. The summed E-state index contributed by atoms with van der Waals surface area (Å²) in [5.41, 5.74) is 5.74. The minimum Gasteiger partial charge on any atom is -0.494 e. The highest BCUT2D eigenvalue weighted by Crippen LogP contribution is 2.36. The van der Waals surface area contributed by atoms with Gasteiger partial charge in [-0.2, -0.15) is 0 Å². The number of hydrogen-bond donors (Lipinski definition) is 4. The number of benzene rings is 1. The molecule has 0 fully saturated rings. The van der Waals surface area contributed by atoms with Crippen molar-refractivity contribution in [2.45, 2.75) is 44.6 Å². The van der Waals surface area contributed by atoms with E-state index in [1.54, 1.807) is 0 Å². The van der Waals surface area contributed by atoms with Crippen molar-refractivity contribution < 1.29 is 28.7 Å². The molecule has 0 spiro atoms. The lowest BCUT2D eigenvalue weighted by Gasteiger charge is -2.27. The van der Waals surface area contributed by atoms with Crippen LogP contribution in [0.25, 0.3) is 0 Å². The van der Waals surface area contributed by atoms with Gasteiger partial charge in [0, 0.05) is 0 Å². The number of rotatable bonds is 13. The van der Waals surface area contributed by atoms with Gasteiger partial charge in [-0.25, -0.2) is 4.57 Å². The molecule has 7 nitrogen and oxygen atoms in total. The van der Waals surface area contributed by atoms with Crippen molar-refractivity contribution in [1.29, 1.82) is 0 Å². The maximum atomic E-state index is 10.8. The van der Waals surface area contributed by atoms with E-state index in [-0.39, 0.29) is 0 Å². The van der Waals surface area contributed by atoms with Crippen molar-refractivity contribution in [3.63, 3.8) is 0 Å². The first kappa shape index (κ1) is 22.8. The van der Waals surface area contributed by atoms with Crippen molar-refractivity contribution >= 4 is 7.82 Å². The Morgan fingerprint density at radius 1 is 1.23 bits per heavy atom. The largest absolute Gasteiger partial charge is 0.494 e. The zero-order valence-electron chi connectivity index (χ0n) is 15.2. The molecule has 0 saturated carbocycles. The van der Waals surface area contributed by atoms with Crippen LogP contribution in [-0.2, 0) is 15.5 Å². The van der Waals surface area contributed by atoms with E-state index in [1.165, 1.54) is 0 Å². The molecule has 0 aliphatic rings. The van der Waals surface area contributed by atoms with Gasteiger partial charge < -0.3 is 25.4 Å². The van der Waals surface area contributed by atoms with Crippen LogP contribution in [0, 0.1) is 0 Å². The summed E-state index contributed by atoms with van der Waals surface area (Å²) in [6, 6.07) is 7.59. The summed E-state index contributed by atoms with van der Waals surface area (Å²) in [6.45, 7) is 1.84. The number of unbranched alkanes of at least 4 members (excludes halogenated alkanes) is 2. The Bertz CT molecular complexity index is 586. The summed E-state index contributed by atoms with van der Waals surface area (Å²) in [5, 5.41) is 9.40. The van der Waals surface area contributed by atoms with Gasteiger partial charge in [0.05, 0.1) is 25.4 Å². The van der Waals surface area contributed by atoms with Gasteiger partial charge in [0.2, 0.25) is 0 Å². The Hall–Kier alpha value is -1.21. The van der Waals surface area contributed by atoms with Crippen molar-refractivity contribution in [2.24, 2.45) is 5.73 Å².